The summed E-state index contributed by atoms with van der Waals surface area (Å²) in [5, 5.41) is 6.28. The highest BCUT2D eigenvalue weighted by Crippen LogP contribution is 2.19. The zero-order valence-corrected chi connectivity index (χ0v) is 14.6. The van der Waals surface area contributed by atoms with Gasteiger partial charge in [0.2, 0.25) is 5.91 Å². The van der Waals surface area contributed by atoms with Crippen molar-refractivity contribution in [2.75, 3.05) is 39.8 Å². The lowest BCUT2D eigenvalue weighted by Gasteiger charge is -2.31. The number of rotatable bonds is 8. The second-order valence-corrected chi connectivity index (χ2v) is 6.64. The quantitative estimate of drug-likeness (QED) is 0.770. The Morgan fingerprint density at radius 3 is 2.65 bits per heavy atom. The largest absolute Gasteiger partial charge is 0.355 e. The van der Waals surface area contributed by atoms with Gasteiger partial charge in [-0.1, -0.05) is 24.3 Å². The number of hydrogen-bond donors (Lipinski definition) is 2. The molecule has 23 heavy (non-hydrogen) atoms. The minimum absolute atomic E-state index is 0.159. The Labute approximate surface area is 140 Å². The summed E-state index contributed by atoms with van der Waals surface area (Å²) >= 11 is 0. The van der Waals surface area contributed by atoms with Gasteiger partial charge < -0.3 is 10.6 Å². The SMILES string of the molecule is CNCCC1CCN(CC(=O)NCCc2ccccc2C)CC1. The molecule has 1 heterocycles. The predicted molar refractivity (Wildman–Crippen MR) is 95.6 cm³/mol. The molecule has 0 saturated carbocycles. The van der Waals surface area contributed by atoms with E-state index in [0.717, 1.165) is 38.5 Å². The van der Waals surface area contributed by atoms with E-state index in [-0.39, 0.29) is 5.91 Å². The first-order chi connectivity index (χ1) is 11.2. The highest BCUT2D eigenvalue weighted by atomic mass is 16.2. The van der Waals surface area contributed by atoms with Crippen molar-refractivity contribution in [3.8, 4) is 0 Å². The van der Waals surface area contributed by atoms with Crippen molar-refractivity contribution >= 4 is 5.91 Å². The van der Waals surface area contributed by atoms with Crippen LogP contribution < -0.4 is 10.6 Å². The monoisotopic (exact) mass is 317 g/mol. The van der Waals surface area contributed by atoms with Crippen molar-refractivity contribution in [2.24, 2.45) is 5.92 Å². The molecule has 0 bridgehead atoms. The lowest BCUT2D eigenvalue weighted by Crippen LogP contribution is -2.42. The summed E-state index contributed by atoms with van der Waals surface area (Å²) in [5.74, 6) is 0.982. The van der Waals surface area contributed by atoms with Crippen LogP contribution >= 0.6 is 0 Å². The highest BCUT2D eigenvalue weighted by molar-refractivity contribution is 5.78. The first-order valence-corrected chi connectivity index (χ1v) is 8.87. The summed E-state index contributed by atoms with van der Waals surface area (Å²) in [6.07, 6.45) is 4.60. The molecule has 1 fully saturated rings. The molecule has 4 nitrogen and oxygen atoms in total. The zero-order valence-electron chi connectivity index (χ0n) is 14.6. The van der Waals surface area contributed by atoms with Crippen molar-refractivity contribution < 1.29 is 4.79 Å². The maximum atomic E-state index is 12.1. The molecule has 1 aliphatic rings. The average Bonchev–Trinajstić information content (AvgIpc) is 2.56. The van der Waals surface area contributed by atoms with Gasteiger partial charge in [-0.3, -0.25) is 9.69 Å². The number of nitrogens with zero attached hydrogens (tertiary/aromatic N) is 1. The van der Waals surface area contributed by atoms with E-state index in [1.54, 1.807) is 0 Å². The Hall–Kier alpha value is -1.39. The molecule has 0 radical (unpaired) electrons. The second-order valence-electron chi connectivity index (χ2n) is 6.64. The molecular formula is C19H31N3O. The van der Waals surface area contributed by atoms with Gasteiger partial charge in [0.05, 0.1) is 6.54 Å². The van der Waals surface area contributed by atoms with E-state index in [9.17, 15) is 4.79 Å². The molecule has 2 rings (SSSR count). The maximum Gasteiger partial charge on any atom is 0.234 e. The van der Waals surface area contributed by atoms with Crippen LogP contribution in [0.1, 0.15) is 30.4 Å². The number of aryl methyl sites for hydroxylation is 1. The number of carbonyl (C=O) groups is 1. The molecule has 1 aromatic rings. The molecule has 4 heteroatoms. The van der Waals surface area contributed by atoms with Crippen LogP contribution in [0.15, 0.2) is 24.3 Å². The van der Waals surface area contributed by atoms with Crippen LogP contribution in [0.3, 0.4) is 0 Å². The first-order valence-electron chi connectivity index (χ1n) is 8.87. The predicted octanol–water partition coefficient (Wildman–Crippen LogP) is 1.98. The summed E-state index contributed by atoms with van der Waals surface area (Å²) in [6.45, 7) is 6.60. The maximum absolute atomic E-state index is 12.1. The fourth-order valence-electron chi connectivity index (χ4n) is 3.27. The lowest BCUT2D eigenvalue weighted by atomic mass is 9.93. The summed E-state index contributed by atoms with van der Waals surface area (Å²) in [4.78, 5) is 14.4. The van der Waals surface area contributed by atoms with Crippen molar-refractivity contribution in [3.63, 3.8) is 0 Å². The first kappa shape index (κ1) is 18.0. The van der Waals surface area contributed by atoms with E-state index in [4.69, 9.17) is 0 Å². The van der Waals surface area contributed by atoms with Gasteiger partial charge in [-0.2, -0.15) is 0 Å². The Balaban J connectivity index is 1.61. The molecular weight excluding hydrogens is 286 g/mol. The highest BCUT2D eigenvalue weighted by Gasteiger charge is 2.20. The topological polar surface area (TPSA) is 44.4 Å². The number of likely N-dealkylation sites (tertiary alicyclic amines) is 1. The van der Waals surface area contributed by atoms with Gasteiger partial charge in [-0.15, -0.1) is 0 Å². The van der Waals surface area contributed by atoms with Gasteiger partial charge in [0, 0.05) is 6.54 Å². The molecule has 1 amide bonds. The molecule has 1 aliphatic heterocycles. The summed E-state index contributed by atoms with van der Waals surface area (Å²) < 4.78 is 0. The molecule has 1 aromatic carbocycles. The normalized spacial score (nSPS) is 16.4. The van der Waals surface area contributed by atoms with Crippen LogP contribution in [-0.2, 0) is 11.2 Å². The molecule has 0 aliphatic carbocycles. The smallest absolute Gasteiger partial charge is 0.234 e. The molecule has 128 valence electrons. The minimum atomic E-state index is 0.159. The van der Waals surface area contributed by atoms with Crippen LogP contribution in [0.25, 0.3) is 0 Å². The van der Waals surface area contributed by atoms with Gasteiger partial charge in [-0.05, 0) is 76.3 Å². The Morgan fingerprint density at radius 2 is 1.96 bits per heavy atom. The number of hydrogen-bond acceptors (Lipinski definition) is 3. The standard InChI is InChI=1S/C19H31N3O/c1-16-5-3-4-6-18(16)8-12-21-19(23)15-22-13-9-17(10-14-22)7-11-20-2/h3-6,17,20H,7-15H2,1-2H3,(H,21,23). The van der Waals surface area contributed by atoms with Gasteiger partial charge in [0.15, 0.2) is 0 Å². The van der Waals surface area contributed by atoms with Crippen LogP contribution in [0.2, 0.25) is 0 Å². The number of carbonyl (C=O) groups excluding carboxylic acids is 1. The van der Waals surface area contributed by atoms with Crippen molar-refractivity contribution in [3.05, 3.63) is 35.4 Å². The van der Waals surface area contributed by atoms with E-state index in [1.165, 1.54) is 30.4 Å². The Kier molecular flexibility index (Phi) is 7.56. The van der Waals surface area contributed by atoms with Crippen LogP contribution in [-0.4, -0.2) is 50.6 Å². The summed E-state index contributed by atoms with van der Waals surface area (Å²) in [5.41, 5.74) is 2.61. The van der Waals surface area contributed by atoms with Gasteiger partial charge >= 0.3 is 0 Å². The third-order valence-corrected chi connectivity index (χ3v) is 4.85. The molecule has 1 saturated heterocycles. The van der Waals surface area contributed by atoms with E-state index in [2.05, 4.69) is 46.7 Å². The number of nitrogens with one attached hydrogen (secondary N) is 2. The van der Waals surface area contributed by atoms with E-state index < -0.39 is 0 Å². The average molecular weight is 317 g/mol. The van der Waals surface area contributed by atoms with E-state index >= 15 is 0 Å². The summed E-state index contributed by atoms with van der Waals surface area (Å²) in [7, 11) is 2.01. The van der Waals surface area contributed by atoms with Crippen molar-refractivity contribution in [1.82, 2.24) is 15.5 Å². The molecule has 0 unspecified atom stereocenters. The molecule has 0 atom stereocenters. The molecule has 0 spiro atoms. The van der Waals surface area contributed by atoms with E-state index in [0.29, 0.717) is 6.54 Å². The Morgan fingerprint density at radius 1 is 1.22 bits per heavy atom. The fourth-order valence-corrected chi connectivity index (χ4v) is 3.27. The number of amides is 1. The number of piperidine rings is 1. The number of benzene rings is 1. The van der Waals surface area contributed by atoms with Gasteiger partial charge in [0.1, 0.15) is 0 Å². The molecule has 0 aromatic heterocycles. The van der Waals surface area contributed by atoms with Gasteiger partial charge in [-0.25, -0.2) is 0 Å². The fraction of sp³-hybridized carbons (Fsp3) is 0.632. The minimum Gasteiger partial charge on any atom is -0.355 e. The molecule has 2 N–H and O–H groups in total. The Bertz CT molecular complexity index is 481. The van der Waals surface area contributed by atoms with Crippen molar-refractivity contribution in [2.45, 2.75) is 32.6 Å². The third-order valence-electron chi connectivity index (χ3n) is 4.85. The summed E-state index contributed by atoms with van der Waals surface area (Å²) in [6, 6.07) is 8.37. The second kappa shape index (κ2) is 9.68. The van der Waals surface area contributed by atoms with Gasteiger partial charge in [0.25, 0.3) is 0 Å². The van der Waals surface area contributed by atoms with Crippen molar-refractivity contribution in [1.29, 1.82) is 0 Å². The van der Waals surface area contributed by atoms with Crippen LogP contribution in [0.4, 0.5) is 0 Å². The van der Waals surface area contributed by atoms with E-state index in [1.807, 2.05) is 7.05 Å². The third kappa shape index (κ3) is 6.32. The lowest BCUT2D eigenvalue weighted by molar-refractivity contribution is -0.122. The van der Waals surface area contributed by atoms with Crippen LogP contribution in [0, 0.1) is 12.8 Å². The zero-order chi connectivity index (χ0) is 16.5. The van der Waals surface area contributed by atoms with Crippen LogP contribution in [0.5, 0.6) is 0 Å².